The molecule has 1 saturated carbocycles. The quantitative estimate of drug-likeness (QED) is 0.387. The Morgan fingerprint density at radius 1 is 0.971 bits per heavy atom. The van der Waals surface area contributed by atoms with Crippen molar-refractivity contribution in [3.8, 4) is 5.75 Å². The van der Waals surface area contributed by atoms with E-state index in [9.17, 15) is 19.2 Å². The maximum Gasteiger partial charge on any atom is 0.316 e. The molecule has 0 unspecified atom stereocenters. The number of esters is 1. The fraction of sp³-hybridized carbons (Fsp3) is 0.407. The molecule has 0 radical (unpaired) electrons. The summed E-state index contributed by atoms with van der Waals surface area (Å²) in [6.07, 6.45) is 3.62. The van der Waals surface area contributed by atoms with Crippen molar-refractivity contribution in [2.75, 3.05) is 11.4 Å². The maximum absolute atomic E-state index is 12.9. The van der Waals surface area contributed by atoms with Gasteiger partial charge in [-0.15, -0.1) is 0 Å². The molecule has 0 aromatic heterocycles. The summed E-state index contributed by atoms with van der Waals surface area (Å²) >= 11 is 0. The second-order valence-electron chi connectivity index (χ2n) is 9.54. The Labute approximate surface area is 198 Å². The molecular formula is C27H28N2O5. The molecule has 176 valence electrons. The van der Waals surface area contributed by atoms with Crippen LogP contribution in [0.15, 0.2) is 48.5 Å². The summed E-state index contributed by atoms with van der Waals surface area (Å²) in [5.41, 5.74) is 2.26. The van der Waals surface area contributed by atoms with Gasteiger partial charge in [-0.3, -0.25) is 19.2 Å². The molecule has 7 nitrogen and oxygen atoms in total. The lowest BCUT2D eigenvalue weighted by molar-refractivity contribution is -0.139. The third-order valence-electron chi connectivity index (χ3n) is 7.23. The van der Waals surface area contributed by atoms with Gasteiger partial charge in [-0.2, -0.15) is 0 Å². The minimum Gasteiger partial charge on any atom is -0.426 e. The van der Waals surface area contributed by atoms with E-state index in [1.807, 2.05) is 30.3 Å². The number of hydrogen-bond acceptors (Lipinski definition) is 5. The smallest absolute Gasteiger partial charge is 0.316 e. The first kappa shape index (κ1) is 22.3. The average molecular weight is 461 g/mol. The zero-order chi connectivity index (χ0) is 23.8. The largest absolute Gasteiger partial charge is 0.426 e. The molecule has 0 N–H and O–H groups in total. The number of carbonyl (C=O) groups is 4. The van der Waals surface area contributed by atoms with Gasteiger partial charge < -0.3 is 9.64 Å². The molecule has 2 saturated heterocycles. The van der Waals surface area contributed by atoms with Gasteiger partial charge in [-0.05, 0) is 49.1 Å². The molecule has 2 aliphatic heterocycles. The van der Waals surface area contributed by atoms with Crippen molar-refractivity contribution in [3.63, 3.8) is 0 Å². The number of amides is 3. The molecule has 1 aliphatic carbocycles. The zero-order valence-electron chi connectivity index (χ0n) is 19.2. The van der Waals surface area contributed by atoms with Crippen molar-refractivity contribution in [1.29, 1.82) is 0 Å². The Morgan fingerprint density at radius 2 is 1.65 bits per heavy atom. The van der Waals surface area contributed by atoms with Crippen LogP contribution in [0, 0.1) is 24.7 Å². The fourth-order valence-electron chi connectivity index (χ4n) is 5.43. The lowest BCUT2D eigenvalue weighted by Crippen LogP contribution is -2.31. The van der Waals surface area contributed by atoms with Crippen LogP contribution in [0.3, 0.4) is 0 Å². The first-order valence-corrected chi connectivity index (χ1v) is 11.9. The first-order valence-electron chi connectivity index (χ1n) is 11.9. The Hall–Kier alpha value is -3.48. The Balaban J connectivity index is 1.25. The summed E-state index contributed by atoms with van der Waals surface area (Å²) in [6.45, 7) is 2.59. The number of ether oxygens (including phenoxy) is 1. The molecule has 0 spiro atoms. The third kappa shape index (κ3) is 4.11. The van der Waals surface area contributed by atoms with Crippen LogP contribution in [0.5, 0.6) is 5.75 Å². The Morgan fingerprint density at radius 3 is 2.29 bits per heavy atom. The van der Waals surface area contributed by atoms with Crippen molar-refractivity contribution in [3.05, 3.63) is 59.7 Å². The maximum atomic E-state index is 12.9. The van der Waals surface area contributed by atoms with Crippen LogP contribution in [0.4, 0.5) is 5.69 Å². The van der Waals surface area contributed by atoms with Crippen molar-refractivity contribution in [2.24, 2.45) is 17.8 Å². The highest BCUT2D eigenvalue weighted by Crippen LogP contribution is 2.41. The van der Waals surface area contributed by atoms with Gasteiger partial charge in [0.25, 0.3) is 0 Å². The summed E-state index contributed by atoms with van der Waals surface area (Å²) in [7, 11) is 0. The number of rotatable bonds is 5. The average Bonchev–Trinajstić information content (AvgIpc) is 3.32. The number of nitrogens with zero attached hydrogens (tertiary/aromatic N) is 2. The van der Waals surface area contributed by atoms with Gasteiger partial charge in [-0.25, -0.2) is 4.90 Å². The molecule has 7 heteroatoms. The van der Waals surface area contributed by atoms with E-state index >= 15 is 0 Å². The second kappa shape index (κ2) is 9.05. The molecule has 2 aromatic rings. The van der Waals surface area contributed by atoms with E-state index in [-0.39, 0.29) is 36.0 Å². The van der Waals surface area contributed by atoms with Gasteiger partial charge >= 0.3 is 5.97 Å². The number of imide groups is 1. The van der Waals surface area contributed by atoms with E-state index in [0.717, 1.165) is 31.2 Å². The number of hydrogen-bond donors (Lipinski definition) is 0. The number of fused-ring (bicyclic) bond motifs is 1. The van der Waals surface area contributed by atoms with Crippen LogP contribution >= 0.6 is 0 Å². The highest BCUT2D eigenvalue weighted by molar-refractivity contribution is 6.22. The number of anilines is 1. The molecule has 34 heavy (non-hydrogen) atoms. The standard InChI is InChI=1S/C27H28N2O5/c1-17-13-20(11-12-23(17)29-25(31)21-9-5-6-10-22(21)26(29)32)34-27(33)19-14-24(30)28(16-19)15-18-7-3-2-4-8-18/h2-4,7-8,11-13,19,21-22H,5-6,9-10,14-16H2,1H3/t19-,21-,22+/m1/s1. The second-order valence-corrected chi connectivity index (χ2v) is 9.54. The zero-order valence-corrected chi connectivity index (χ0v) is 19.2. The van der Waals surface area contributed by atoms with Crippen molar-refractivity contribution >= 4 is 29.4 Å². The lowest BCUT2D eigenvalue weighted by atomic mass is 9.81. The molecule has 2 aromatic carbocycles. The number of carbonyl (C=O) groups excluding carboxylic acids is 4. The first-order chi connectivity index (χ1) is 16.4. The monoisotopic (exact) mass is 460 g/mol. The minimum absolute atomic E-state index is 0.0649. The topological polar surface area (TPSA) is 84.0 Å². The molecule has 2 heterocycles. The minimum atomic E-state index is -0.527. The molecule has 3 fully saturated rings. The number of aryl methyl sites for hydroxylation is 1. The SMILES string of the molecule is Cc1cc(OC(=O)[C@@H]2CC(=O)N(Cc3ccccc3)C2)ccc1N1C(=O)[C@H]2CCCC[C@H]2C1=O. The van der Waals surface area contributed by atoms with Crippen LogP contribution in [0.2, 0.25) is 0 Å². The third-order valence-corrected chi connectivity index (χ3v) is 7.23. The van der Waals surface area contributed by atoms with Crippen LogP contribution < -0.4 is 9.64 Å². The Kier molecular flexibility index (Phi) is 5.94. The molecule has 3 amide bonds. The summed E-state index contributed by atoms with van der Waals surface area (Å²) in [6, 6.07) is 14.6. The fourth-order valence-corrected chi connectivity index (χ4v) is 5.43. The molecular weight excluding hydrogens is 432 g/mol. The Bertz CT molecular complexity index is 1120. The van der Waals surface area contributed by atoms with Gasteiger partial charge in [-0.1, -0.05) is 43.2 Å². The van der Waals surface area contributed by atoms with E-state index in [1.165, 1.54) is 4.90 Å². The van der Waals surface area contributed by atoms with Gasteiger partial charge in [0.05, 0.1) is 23.4 Å². The summed E-state index contributed by atoms with van der Waals surface area (Å²) in [5.74, 6) is -1.36. The van der Waals surface area contributed by atoms with Gasteiger partial charge in [0.2, 0.25) is 17.7 Å². The molecule has 0 bridgehead atoms. The summed E-state index contributed by atoms with van der Waals surface area (Å²) < 4.78 is 5.59. The van der Waals surface area contributed by atoms with Crippen molar-refractivity contribution in [1.82, 2.24) is 4.90 Å². The van der Waals surface area contributed by atoms with Gasteiger partial charge in [0.15, 0.2) is 0 Å². The predicted octanol–water partition coefficient (Wildman–Crippen LogP) is 3.63. The van der Waals surface area contributed by atoms with E-state index in [2.05, 4.69) is 0 Å². The summed E-state index contributed by atoms with van der Waals surface area (Å²) in [4.78, 5) is 54.0. The van der Waals surface area contributed by atoms with Crippen molar-refractivity contribution < 1.29 is 23.9 Å². The van der Waals surface area contributed by atoms with E-state index in [1.54, 1.807) is 30.0 Å². The van der Waals surface area contributed by atoms with E-state index in [4.69, 9.17) is 4.74 Å². The molecule has 5 rings (SSSR count). The van der Waals surface area contributed by atoms with Gasteiger partial charge in [0.1, 0.15) is 5.75 Å². The highest BCUT2D eigenvalue weighted by atomic mass is 16.5. The predicted molar refractivity (Wildman–Crippen MR) is 125 cm³/mol. The molecule has 3 aliphatic rings. The van der Waals surface area contributed by atoms with Crippen LogP contribution in [-0.2, 0) is 25.7 Å². The normalized spacial score (nSPS) is 24.5. The number of benzene rings is 2. The van der Waals surface area contributed by atoms with Crippen LogP contribution in [-0.4, -0.2) is 35.1 Å². The van der Waals surface area contributed by atoms with E-state index < -0.39 is 11.9 Å². The van der Waals surface area contributed by atoms with Gasteiger partial charge in [0, 0.05) is 19.5 Å². The summed E-state index contributed by atoms with van der Waals surface area (Å²) in [5, 5.41) is 0. The van der Waals surface area contributed by atoms with E-state index in [0.29, 0.717) is 30.1 Å². The lowest BCUT2D eigenvalue weighted by Gasteiger charge is -2.19. The van der Waals surface area contributed by atoms with Crippen LogP contribution in [0.1, 0.15) is 43.2 Å². The molecule has 3 atom stereocenters. The van der Waals surface area contributed by atoms with Crippen LogP contribution in [0.25, 0.3) is 0 Å². The number of likely N-dealkylation sites (tertiary alicyclic amines) is 1. The van der Waals surface area contributed by atoms with Crippen molar-refractivity contribution in [2.45, 2.75) is 45.6 Å². The highest BCUT2D eigenvalue weighted by Gasteiger charge is 2.49.